The Morgan fingerprint density at radius 2 is 1.90 bits per heavy atom. The highest BCUT2D eigenvalue weighted by Crippen LogP contribution is 2.47. The number of H-pyrrole nitrogens is 1. The zero-order valence-corrected chi connectivity index (χ0v) is 18.1. The first kappa shape index (κ1) is 20.3. The van der Waals surface area contributed by atoms with Gasteiger partial charge in [0.1, 0.15) is 5.69 Å². The number of aromatic hydroxyl groups is 1. The number of hydrogen-bond acceptors (Lipinski definition) is 4. The molecule has 1 aromatic heterocycles. The molecule has 2 heterocycles. The SMILES string of the molecule is CCOc1cc(C2c3c(-c4ccc(Cl)cc4)n[nH]c3C(=O)N2C(C)(C)C)ccc1O. The molecule has 1 unspecified atom stereocenters. The number of amides is 1. The van der Waals surface area contributed by atoms with Gasteiger partial charge in [0, 0.05) is 21.7 Å². The van der Waals surface area contributed by atoms with E-state index in [4.69, 9.17) is 16.3 Å². The average Bonchev–Trinajstić information content (AvgIpc) is 3.23. The molecule has 2 N–H and O–H groups in total. The fourth-order valence-corrected chi connectivity index (χ4v) is 4.08. The molecule has 0 spiro atoms. The fourth-order valence-electron chi connectivity index (χ4n) is 3.95. The van der Waals surface area contributed by atoms with Crippen LogP contribution in [0.1, 0.15) is 55.4 Å². The van der Waals surface area contributed by atoms with Crippen molar-refractivity contribution >= 4 is 17.5 Å². The molecule has 7 heteroatoms. The van der Waals surface area contributed by atoms with E-state index in [2.05, 4.69) is 10.2 Å². The van der Waals surface area contributed by atoms with Gasteiger partial charge in [-0.3, -0.25) is 9.89 Å². The quantitative estimate of drug-likeness (QED) is 0.603. The molecule has 1 atom stereocenters. The van der Waals surface area contributed by atoms with Gasteiger partial charge < -0.3 is 14.7 Å². The van der Waals surface area contributed by atoms with Crippen LogP contribution < -0.4 is 4.74 Å². The molecule has 3 aromatic rings. The maximum atomic E-state index is 13.4. The number of phenols is 1. The highest BCUT2D eigenvalue weighted by atomic mass is 35.5. The van der Waals surface area contributed by atoms with Crippen LogP contribution in [-0.2, 0) is 0 Å². The molecule has 0 aliphatic carbocycles. The van der Waals surface area contributed by atoms with Crippen LogP contribution >= 0.6 is 11.6 Å². The third kappa shape index (κ3) is 3.31. The fraction of sp³-hybridized carbons (Fsp3) is 0.304. The van der Waals surface area contributed by atoms with Crippen molar-refractivity contribution in [3.63, 3.8) is 0 Å². The summed E-state index contributed by atoms with van der Waals surface area (Å²) in [5.41, 5.74) is 3.26. The Morgan fingerprint density at radius 1 is 1.20 bits per heavy atom. The van der Waals surface area contributed by atoms with Crippen molar-refractivity contribution in [3.05, 3.63) is 64.3 Å². The molecule has 0 fully saturated rings. The van der Waals surface area contributed by atoms with E-state index in [1.165, 1.54) is 0 Å². The van der Waals surface area contributed by atoms with Gasteiger partial charge >= 0.3 is 0 Å². The number of aromatic amines is 1. The van der Waals surface area contributed by atoms with Crippen LogP contribution in [0, 0.1) is 0 Å². The van der Waals surface area contributed by atoms with Crippen LogP contribution in [0.25, 0.3) is 11.3 Å². The molecular formula is C23H24ClN3O3. The first-order valence-electron chi connectivity index (χ1n) is 9.86. The number of nitrogens with one attached hydrogen (secondary N) is 1. The maximum Gasteiger partial charge on any atom is 0.273 e. The predicted octanol–water partition coefficient (Wildman–Crippen LogP) is 5.18. The summed E-state index contributed by atoms with van der Waals surface area (Å²) in [7, 11) is 0. The van der Waals surface area contributed by atoms with Crippen LogP contribution in [0.5, 0.6) is 11.5 Å². The van der Waals surface area contributed by atoms with Gasteiger partial charge in [-0.05, 0) is 57.5 Å². The summed E-state index contributed by atoms with van der Waals surface area (Å²) in [5.74, 6) is 0.347. The van der Waals surface area contributed by atoms with Crippen LogP contribution in [0.3, 0.4) is 0 Å². The summed E-state index contributed by atoms with van der Waals surface area (Å²) in [6.07, 6.45) is 0. The number of fused-ring (bicyclic) bond motifs is 1. The first-order valence-corrected chi connectivity index (χ1v) is 10.2. The minimum Gasteiger partial charge on any atom is -0.504 e. The number of benzene rings is 2. The smallest absolute Gasteiger partial charge is 0.273 e. The molecule has 0 bridgehead atoms. The van der Waals surface area contributed by atoms with Crippen molar-refractivity contribution < 1.29 is 14.6 Å². The molecule has 30 heavy (non-hydrogen) atoms. The summed E-state index contributed by atoms with van der Waals surface area (Å²) < 4.78 is 5.59. The van der Waals surface area contributed by atoms with Crippen molar-refractivity contribution in [1.29, 1.82) is 0 Å². The number of hydrogen-bond donors (Lipinski definition) is 2. The van der Waals surface area contributed by atoms with Crippen molar-refractivity contribution in [2.24, 2.45) is 0 Å². The van der Waals surface area contributed by atoms with Gasteiger partial charge in [0.05, 0.1) is 18.3 Å². The second-order valence-corrected chi connectivity index (χ2v) is 8.71. The van der Waals surface area contributed by atoms with E-state index in [1.807, 2.05) is 50.8 Å². The molecule has 1 aliphatic heterocycles. The molecule has 0 saturated carbocycles. The molecule has 4 rings (SSSR count). The molecule has 0 radical (unpaired) electrons. The number of rotatable bonds is 4. The Morgan fingerprint density at radius 3 is 2.53 bits per heavy atom. The van der Waals surface area contributed by atoms with Gasteiger partial charge in [-0.1, -0.05) is 29.8 Å². The second kappa shape index (κ2) is 7.36. The lowest BCUT2D eigenvalue weighted by atomic mass is 9.93. The number of phenolic OH excluding ortho intramolecular Hbond substituents is 1. The van der Waals surface area contributed by atoms with Gasteiger partial charge in [-0.2, -0.15) is 5.10 Å². The van der Waals surface area contributed by atoms with E-state index >= 15 is 0 Å². The third-order valence-electron chi connectivity index (χ3n) is 5.21. The van der Waals surface area contributed by atoms with Crippen LogP contribution in [-0.4, -0.2) is 38.3 Å². The Balaban J connectivity index is 1.92. The molecule has 6 nitrogen and oxygen atoms in total. The van der Waals surface area contributed by atoms with Crippen LogP contribution in [0.15, 0.2) is 42.5 Å². The van der Waals surface area contributed by atoms with Gasteiger partial charge in [-0.15, -0.1) is 0 Å². The van der Waals surface area contributed by atoms with Crippen molar-refractivity contribution in [1.82, 2.24) is 15.1 Å². The summed E-state index contributed by atoms with van der Waals surface area (Å²) in [6, 6.07) is 12.2. The normalized spacial score (nSPS) is 16.1. The number of halogens is 1. The first-order chi connectivity index (χ1) is 14.2. The van der Waals surface area contributed by atoms with Crippen molar-refractivity contribution in [2.75, 3.05) is 6.61 Å². The van der Waals surface area contributed by atoms with E-state index in [0.29, 0.717) is 28.8 Å². The van der Waals surface area contributed by atoms with E-state index in [1.54, 1.807) is 24.3 Å². The largest absolute Gasteiger partial charge is 0.504 e. The van der Waals surface area contributed by atoms with Crippen LogP contribution in [0.2, 0.25) is 5.02 Å². The van der Waals surface area contributed by atoms with Gasteiger partial charge in [-0.25, -0.2) is 0 Å². The molecule has 0 saturated heterocycles. The molecule has 1 aliphatic rings. The Labute approximate surface area is 180 Å². The van der Waals surface area contributed by atoms with E-state index < -0.39 is 5.54 Å². The summed E-state index contributed by atoms with van der Waals surface area (Å²) >= 11 is 6.05. The lowest BCUT2D eigenvalue weighted by Gasteiger charge is -2.38. The number of ether oxygens (including phenoxy) is 1. The zero-order chi connectivity index (χ0) is 21.6. The number of aromatic nitrogens is 2. The number of nitrogens with zero attached hydrogens (tertiary/aromatic N) is 2. The minimum atomic E-state index is -0.442. The van der Waals surface area contributed by atoms with Crippen molar-refractivity contribution in [2.45, 2.75) is 39.3 Å². The Kier molecular flexibility index (Phi) is 4.98. The molecule has 156 valence electrons. The number of carbonyl (C=O) groups is 1. The topological polar surface area (TPSA) is 78.5 Å². The molecular weight excluding hydrogens is 402 g/mol. The van der Waals surface area contributed by atoms with Gasteiger partial charge in [0.2, 0.25) is 0 Å². The summed E-state index contributed by atoms with van der Waals surface area (Å²) in [6.45, 7) is 8.30. The minimum absolute atomic E-state index is 0.0672. The average molecular weight is 426 g/mol. The monoisotopic (exact) mass is 425 g/mol. The molecule has 2 aromatic carbocycles. The van der Waals surface area contributed by atoms with E-state index in [-0.39, 0.29) is 17.7 Å². The maximum absolute atomic E-state index is 13.4. The summed E-state index contributed by atoms with van der Waals surface area (Å²) in [4.78, 5) is 15.2. The Hall–Kier alpha value is -2.99. The lowest BCUT2D eigenvalue weighted by molar-refractivity contribution is 0.0545. The van der Waals surface area contributed by atoms with E-state index in [0.717, 1.165) is 16.7 Å². The second-order valence-electron chi connectivity index (χ2n) is 8.28. The highest BCUT2D eigenvalue weighted by Gasteiger charge is 2.46. The van der Waals surface area contributed by atoms with Gasteiger partial charge in [0.15, 0.2) is 11.5 Å². The zero-order valence-electron chi connectivity index (χ0n) is 17.4. The predicted molar refractivity (Wildman–Crippen MR) is 116 cm³/mol. The van der Waals surface area contributed by atoms with Crippen molar-refractivity contribution in [3.8, 4) is 22.8 Å². The summed E-state index contributed by atoms with van der Waals surface area (Å²) in [5, 5.41) is 18.2. The van der Waals surface area contributed by atoms with Crippen LogP contribution in [0.4, 0.5) is 0 Å². The van der Waals surface area contributed by atoms with E-state index in [9.17, 15) is 9.90 Å². The Bertz CT molecular complexity index is 1100. The lowest BCUT2D eigenvalue weighted by Crippen LogP contribution is -2.44. The molecule has 1 amide bonds. The highest BCUT2D eigenvalue weighted by molar-refractivity contribution is 6.30. The van der Waals surface area contributed by atoms with Gasteiger partial charge in [0.25, 0.3) is 5.91 Å². The third-order valence-corrected chi connectivity index (χ3v) is 5.46. The number of carbonyl (C=O) groups excluding carboxylic acids is 1. The standard InChI is InChI=1S/C23H24ClN3O3/c1-5-30-17-12-14(8-11-16(17)28)21-18-19(13-6-9-15(24)10-7-13)25-26-20(18)22(29)27(21)23(2,3)4/h6-12,21,28H,5H2,1-4H3,(H,25,26).